The molecule has 0 amide bonds. The number of hydrogen-bond acceptors (Lipinski definition) is 5. The summed E-state index contributed by atoms with van der Waals surface area (Å²) < 4.78 is 39.5. The van der Waals surface area contributed by atoms with Crippen LogP contribution in [0, 0.1) is 0 Å². The molecule has 0 spiro atoms. The summed E-state index contributed by atoms with van der Waals surface area (Å²) in [6.07, 6.45) is -5.63. The maximum absolute atomic E-state index is 12.0. The third kappa shape index (κ3) is 3.77. The van der Waals surface area contributed by atoms with Crippen LogP contribution < -0.4 is 10.5 Å². The number of nitrogens with two attached hydrogens (primary N) is 1. The van der Waals surface area contributed by atoms with Crippen molar-refractivity contribution in [2.45, 2.75) is 19.3 Å². The molecule has 0 atom stereocenters. The third-order valence-corrected chi connectivity index (χ3v) is 1.88. The van der Waals surface area contributed by atoms with Crippen molar-refractivity contribution in [2.75, 3.05) is 0 Å². The summed E-state index contributed by atoms with van der Waals surface area (Å²) in [6, 6.07) is 0.704. The molecule has 6 nitrogen and oxygen atoms in total. The molecule has 0 saturated carbocycles. The van der Waals surface area contributed by atoms with E-state index < -0.39 is 30.4 Å². The summed E-state index contributed by atoms with van der Waals surface area (Å²) in [5, 5.41) is 18.1. The second kappa shape index (κ2) is 5.08. The number of halogens is 3. The SMILES string of the molecule is NCc1nc(OC(F)(F)F)cc(CC(=O)O)c1O. The van der Waals surface area contributed by atoms with Gasteiger partial charge in [0.25, 0.3) is 0 Å². The van der Waals surface area contributed by atoms with Crippen LogP contribution in [0.15, 0.2) is 6.07 Å². The highest BCUT2D eigenvalue weighted by Gasteiger charge is 2.32. The van der Waals surface area contributed by atoms with Crippen molar-refractivity contribution in [1.29, 1.82) is 0 Å². The van der Waals surface area contributed by atoms with Crippen molar-refractivity contribution < 1.29 is 32.9 Å². The van der Waals surface area contributed by atoms with Gasteiger partial charge in [-0.25, -0.2) is 4.98 Å². The van der Waals surface area contributed by atoms with Crippen LogP contribution in [0.4, 0.5) is 13.2 Å². The molecule has 18 heavy (non-hydrogen) atoms. The molecule has 4 N–H and O–H groups in total. The Bertz CT molecular complexity index is 462. The van der Waals surface area contributed by atoms with Gasteiger partial charge >= 0.3 is 12.3 Å². The van der Waals surface area contributed by atoms with Crippen molar-refractivity contribution in [3.8, 4) is 11.6 Å². The second-order valence-corrected chi connectivity index (χ2v) is 3.24. The first-order valence-electron chi connectivity index (χ1n) is 4.62. The molecule has 1 aromatic heterocycles. The lowest BCUT2D eigenvalue weighted by molar-refractivity contribution is -0.276. The van der Waals surface area contributed by atoms with Crippen molar-refractivity contribution in [2.24, 2.45) is 5.73 Å². The monoisotopic (exact) mass is 266 g/mol. The zero-order valence-corrected chi connectivity index (χ0v) is 8.86. The third-order valence-electron chi connectivity index (χ3n) is 1.88. The number of ether oxygens (including phenoxy) is 1. The Kier molecular flexibility index (Phi) is 3.96. The Morgan fingerprint density at radius 2 is 2.11 bits per heavy atom. The average molecular weight is 266 g/mol. The number of carboxylic acids is 1. The van der Waals surface area contributed by atoms with Crippen LogP contribution in [0.25, 0.3) is 0 Å². The van der Waals surface area contributed by atoms with Gasteiger partial charge in [-0.15, -0.1) is 13.2 Å². The average Bonchev–Trinajstić information content (AvgIpc) is 2.19. The number of aromatic nitrogens is 1. The van der Waals surface area contributed by atoms with E-state index >= 15 is 0 Å². The quantitative estimate of drug-likeness (QED) is 0.743. The van der Waals surface area contributed by atoms with Crippen LogP contribution in [0.2, 0.25) is 0 Å². The lowest BCUT2D eigenvalue weighted by Crippen LogP contribution is -2.19. The molecule has 0 aromatic carbocycles. The van der Waals surface area contributed by atoms with E-state index in [9.17, 15) is 23.1 Å². The van der Waals surface area contributed by atoms with E-state index in [1.165, 1.54) is 0 Å². The molecule has 0 unspecified atom stereocenters. The fourth-order valence-electron chi connectivity index (χ4n) is 1.23. The topological polar surface area (TPSA) is 106 Å². The number of carboxylic acid groups (broad SMARTS) is 1. The van der Waals surface area contributed by atoms with E-state index in [0.29, 0.717) is 6.07 Å². The van der Waals surface area contributed by atoms with Gasteiger partial charge in [-0.05, 0) is 0 Å². The maximum atomic E-state index is 12.0. The molecule has 0 bridgehead atoms. The second-order valence-electron chi connectivity index (χ2n) is 3.24. The van der Waals surface area contributed by atoms with Crippen LogP contribution in [-0.2, 0) is 17.8 Å². The number of nitrogens with zero attached hydrogens (tertiary/aromatic N) is 1. The Hall–Kier alpha value is -2.03. The maximum Gasteiger partial charge on any atom is 0.574 e. The molecular formula is C9H9F3N2O4. The van der Waals surface area contributed by atoms with E-state index in [2.05, 4.69) is 9.72 Å². The Balaban J connectivity index is 3.17. The van der Waals surface area contributed by atoms with Crippen LogP contribution in [0.1, 0.15) is 11.3 Å². The van der Waals surface area contributed by atoms with E-state index in [-0.39, 0.29) is 17.8 Å². The first-order valence-corrected chi connectivity index (χ1v) is 4.62. The molecule has 0 aliphatic heterocycles. The molecule has 0 aliphatic carbocycles. The van der Waals surface area contributed by atoms with Gasteiger partial charge < -0.3 is 20.7 Å². The Morgan fingerprint density at radius 1 is 1.50 bits per heavy atom. The molecule has 1 aromatic rings. The van der Waals surface area contributed by atoms with Crippen molar-refractivity contribution >= 4 is 5.97 Å². The predicted octanol–water partition coefficient (Wildman–Crippen LogP) is 0.772. The number of carbonyl (C=O) groups is 1. The van der Waals surface area contributed by atoms with E-state index in [0.717, 1.165) is 0 Å². The zero-order valence-electron chi connectivity index (χ0n) is 8.86. The Labute approximate surface area is 98.8 Å². The molecule has 1 heterocycles. The number of pyridine rings is 1. The summed E-state index contributed by atoms with van der Waals surface area (Å²) in [5.74, 6) is -2.73. The van der Waals surface area contributed by atoms with Gasteiger partial charge in [-0.3, -0.25) is 4.79 Å². The van der Waals surface area contributed by atoms with Crippen molar-refractivity contribution in [3.05, 3.63) is 17.3 Å². The summed E-state index contributed by atoms with van der Waals surface area (Å²) in [7, 11) is 0. The molecule has 9 heteroatoms. The van der Waals surface area contributed by atoms with Gasteiger partial charge in [0.15, 0.2) is 0 Å². The highest BCUT2D eigenvalue weighted by Crippen LogP contribution is 2.28. The van der Waals surface area contributed by atoms with Gasteiger partial charge in [0, 0.05) is 18.2 Å². The van der Waals surface area contributed by atoms with Crippen LogP contribution >= 0.6 is 0 Å². The predicted molar refractivity (Wildman–Crippen MR) is 51.8 cm³/mol. The fourth-order valence-corrected chi connectivity index (χ4v) is 1.23. The van der Waals surface area contributed by atoms with Crippen molar-refractivity contribution in [1.82, 2.24) is 4.98 Å². The normalized spacial score (nSPS) is 11.3. The number of aliphatic carboxylic acids is 1. The molecule has 0 fully saturated rings. The summed E-state index contributed by atoms with van der Waals surface area (Å²) in [6.45, 7) is -0.354. The van der Waals surface area contributed by atoms with E-state index in [1.54, 1.807) is 0 Å². The summed E-state index contributed by atoms with van der Waals surface area (Å²) in [5.41, 5.74) is 4.65. The number of alkyl halides is 3. The van der Waals surface area contributed by atoms with Gasteiger partial charge in [0.2, 0.25) is 5.88 Å². The minimum atomic E-state index is -4.96. The minimum Gasteiger partial charge on any atom is -0.506 e. The largest absolute Gasteiger partial charge is 0.574 e. The van der Waals surface area contributed by atoms with Crippen LogP contribution in [-0.4, -0.2) is 27.5 Å². The summed E-state index contributed by atoms with van der Waals surface area (Å²) in [4.78, 5) is 13.8. The number of rotatable bonds is 4. The fraction of sp³-hybridized carbons (Fsp3) is 0.333. The molecule has 0 aliphatic rings. The van der Waals surface area contributed by atoms with E-state index in [4.69, 9.17) is 10.8 Å². The van der Waals surface area contributed by atoms with Crippen LogP contribution in [0.3, 0.4) is 0 Å². The summed E-state index contributed by atoms with van der Waals surface area (Å²) >= 11 is 0. The van der Waals surface area contributed by atoms with Crippen molar-refractivity contribution in [3.63, 3.8) is 0 Å². The van der Waals surface area contributed by atoms with Gasteiger partial charge in [0.1, 0.15) is 5.75 Å². The first kappa shape index (κ1) is 14.0. The zero-order chi connectivity index (χ0) is 13.9. The van der Waals surface area contributed by atoms with Gasteiger partial charge in [-0.2, -0.15) is 0 Å². The lowest BCUT2D eigenvalue weighted by atomic mass is 10.1. The lowest BCUT2D eigenvalue weighted by Gasteiger charge is -2.12. The van der Waals surface area contributed by atoms with Crippen LogP contribution in [0.5, 0.6) is 11.6 Å². The molecule has 0 radical (unpaired) electrons. The number of aromatic hydroxyl groups is 1. The molecule has 100 valence electrons. The number of hydrogen-bond donors (Lipinski definition) is 3. The van der Waals surface area contributed by atoms with E-state index in [1.807, 2.05) is 0 Å². The smallest absolute Gasteiger partial charge is 0.506 e. The molecule has 0 saturated heterocycles. The highest BCUT2D eigenvalue weighted by molar-refractivity contribution is 5.71. The highest BCUT2D eigenvalue weighted by atomic mass is 19.4. The molecule has 1 rings (SSSR count). The molecular weight excluding hydrogens is 257 g/mol. The minimum absolute atomic E-state index is 0.253. The Morgan fingerprint density at radius 3 is 2.56 bits per heavy atom. The van der Waals surface area contributed by atoms with Gasteiger partial charge in [0.05, 0.1) is 12.1 Å². The first-order chi connectivity index (χ1) is 8.23. The van der Waals surface area contributed by atoms with Gasteiger partial charge in [-0.1, -0.05) is 0 Å². The standard InChI is InChI=1S/C9H9F3N2O4/c10-9(11,12)18-6-1-4(2-7(15)16)8(17)5(3-13)14-6/h1,17H,2-3,13H2,(H,15,16).